The van der Waals surface area contributed by atoms with Crippen molar-refractivity contribution in [2.75, 3.05) is 5.32 Å². The number of anilines is 1. The lowest BCUT2D eigenvalue weighted by molar-refractivity contribution is -0.384. The molecule has 1 N–H and O–H groups in total. The zero-order chi connectivity index (χ0) is 17.0. The maximum Gasteiger partial charge on any atom is 0.269 e. The Hall–Kier alpha value is -2.69. The molecule has 0 saturated carbocycles. The Labute approximate surface area is 135 Å². The number of nitro benzene ring substituents is 1. The van der Waals surface area contributed by atoms with Crippen LogP contribution in [0.15, 0.2) is 42.5 Å². The first-order valence-electron chi connectivity index (χ1n) is 7.57. The third-order valence-electron chi connectivity index (χ3n) is 3.99. The zero-order valence-electron chi connectivity index (χ0n) is 13.5. The first-order chi connectivity index (χ1) is 10.9. The second-order valence-electron chi connectivity index (χ2n) is 5.52. The molecule has 2 aromatic rings. The van der Waals surface area contributed by atoms with E-state index in [0.29, 0.717) is 0 Å². The third kappa shape index (κ3) is 3.74. The monoisotopic (exact) mass is 312 g/mol. The van der Waals surface area contributed by atoms with Crippen molar-refractivity contribution in [1.29, 1.82) is 0 Å². The van der Waals surface area contributed by atoms with Crippen LogP contribution in [0.5, 0.6) is 0 Å². The number of amides is 1. The number of carbonyl (C=O) groups excluding carboxylic acids is 1. The van der Waals surface area contributed by atoms with Crippen LogP contribution in [0.25, 0.3) is 0 Å². The fourth-order valence-corrected chi connectivity index (χ4v) is 2.47. The first kappa shape index (κ1) is 16.7. The van der Waals surface area contributed by atoms with E-state index in [-0.39, 0.29) is 17.5 Å². The Morgan fingerprint density at radius 3 is 2.43 bits per heavy atom. The van der Waals surface area contributed by atoms with E-state index in [4.69, 9.17) is 0 Å². The molecule has 2 rings (SSSR count). The van der Waals surface area contributed by atoms with Crippen LogP contribution in [0.3, 0.4) is 0 Å². The normalized spacial score (nSPS) is 11.8. The highest BCUT2D eigenvalue weighted by Gasteiger charge is 2.18. The van der Waals surface area contributed by atoms with E-state index < -0.39 is 4.92 Å². The number of benzene rings is 2. The molecule has 0 fully saturated rings. The topological polar surface area (TPSA) is 72.2 Å². The van der Waals surface area contributed by atoms with Crippen LogP contribution >= 0.6 is 0 Å². The average Bonchev–Trinajstić information content (AvgIpc) is 2.55. The molecule has 0 radical (unpaired) electrons. The summed E-state index contributed by atoms with van der Waals surface area (Å²) in [6.07, 6.45) is 0.837. The largest absolute Gasteiger partial charge is 0.325 e. The molecule has 0 heterocycles. The minimum atomic E-state index is -0.449. The van der Waals surface area contributed by atoms with E-state index in [1.165, 1.54) is 12.1 Å². The van der Waals surface area contributed by atoms with Crippen molar-refractivity contribution in [1.82, 2.24) is 0 Å². The smallest absolute Gasteiger partial charge is 0.269 e. The van der Waals surface area contributed by atoms with Gasteiger partial charge in [0.1, 0.15) is 0 Å². The van der Waals surface area contributed by atoms with E-state index in [0.717, 1.165) is 28.8 Å². The van der Waals surface area contributed by atoms with Gasteiger partial charge in [0.15, 0.2) is 0 Å². The van der Waals surface area contributed by atoms with E-state index in [1.54, 1.807) is 19.1 Å². The van der Waals surface area contributed by atoms with Crippen LogP contribution in [0.4, 0.5) is 11.4 Å². The summed E-state index contributed by atoms with van der Waals surface area (Å²) in [5.74, 6) is -0.511. The molecule has 5 nitrogen and oxygen atoms in total. The molecule has 0 aliphatic rings. The third-order valence-corrected chi connectivity index (χ3v) is 3.99. The second kappa shape index (κ2) is 7.05. The van der Waals surface area contributed by atoms with Gasteiger partial charge in [0, 0.05) is 17.8 Å². The SMILES string of the molecule is CCc1cccc(C)c1NC(=O)[C@@H](C)c1ccc([N+](=O)[O-])cc1. The number of nitrogens with zero attached hydrogens (tertiary/aromatic N) is 1. The van der Waals surface area contributed by atoms with Crippen molar-refractivity contribution in [2.24, 2.45) is 0 Å². The highest BCUT2D eigenvalue weighted by Crippen LogP contribution is 2.25. The van der Waals surface area contributed by atoms with Gasteiger partial charge in [-0.2, -0.15) is 0 Å². The number of nitrogens with one attached hydrogen (secondary N) is 1. The molecule has 0 bridgehead atoms. The molecule has 23 heavy (non-hydrogen) atoms. The van der Waals surface area contributed by atoms with Crippen molar-refractivity contribution in [2.45, 2.75) is 33.1 Å². The summed E-state index contributed by atoms with van der Waals surface area (Å²) in [4.78, 5) is 22.7. The van der Waals surface area contributed by atoms with Crippen molar-refractivity contribution >= 4 is 17.3 Å². The van der Waals surface area contributed by atoms with Crippen molar-refractivity contribution < 1.29 is 9.72 Å². The van der Waals surface area contributed by atoms with E-state index in [2.05, 4.69) is 5.32 Å². The molecule has 5 heteroatoms. The number of hydrogen-bond donors (Lipinski definition) is 1. The lowest BCUT2D eigenvalue weighted by atomic mass is 9.99. The summed E-state index contributed by atoms with van der Waals surface area (Å²) in [6.45, 7) is 5.80. The molecule has 0 aliphatic heterocycles. The maximum atomic E-state index is 12.5. The Bertz CT molecular complexity index is 724. The molecular formula is C18H20N2O3. The second-order valence-corrected chi connectivity index (χ2v) is 5.52. The van der Waals surface area contributed by atoms with Gasteiger partial charge in [-0.05, 0) is 37.0 Å². The molecule has 0 saturated heterocycles. The highest BCUT2D eigenvalue weighted by atomic mass is 16.6. The minimum absolute atomic E-state index is 0.0218. The lowest BCUT2D eigenvalue weighted by Gasteiger charge is -2.16. The van der Waals surface area contributed by atoms with E-state index >= 15 is 0 Å². The van der Waals surface area contributed by atoms with Gasteiger partial charge >= 0.3 is 0 Å². The van der Waals surface area contributed by atoms with Crippen LogP contribution < -0.4 is 5.32 Å². The molecule has 2 aromatic carbocycles. The zero-order valence-corrected chi connectivity index (χ0v) is 13.5. The lowest BCUT2D eigenvalue weighted by Crippen LogP contribution is -2.20. The standard InChI is InChI=1S/C18H20N2O3/c1-4-14-7-5-6-12(2)17(14)19-18(21)13(3)15-8-10-16(11-9-15)20(22)23/h5-11,13H,4H2,1-3H3,(H,19,21)/t13-/m0/s1. The molecule has 1 atom stereocenters. The highest BCUT2D eigenvalue weighted by molar-refractivity contribution is 5.96. The maximum absolute atomic E-state index is 12.5. The Morgan fingerprint density at radius 1 is 1.22 bits per heavy atom. The number of carbonyl (C=O) groups is 1. The summed E-state index contributed by atoms with van der Waals surface area (Å²) in [7, 11) is 0. The van der Waals surface area contributed by atoms with Gasteiger partial charge in [-0.3, -0.25) is 14.9 Å². The van der Waals surface area contributed by atoms with Crippen molar-refractivity contribution in [3.63, 3.8) is 0 Å². The van der Waals surface area contributed by atoms with Crippen LogP contribution in [0.2, 0.25) is 0 Å². The van der Waals surface area contributed by atoms with E-state index in [1.807, 2.05) is 32.0 Å². The van der Waals surface area contributed by atoms with Crippen LogP contribution in [-0.2, 0) is 11.2 Å². The molecule has 1 amide bonds. The fourth-order valence-electron chi connectivity index (χ4n) is 2.47. The van der Waals surface area contributed by atoms with E-state index in [9.17, 15) is 14.9 Å². The predicted octanol–water partition coefficient (Wildman–Crippen LogP) is 4.21. The quantitative estimate of drug-likeness (QED) is 0.664. The minimum Gasteiger partial charge on any atom is -0.325 e. The molecule has 0 unspecified atom stereocenters. The Kier molecular flexibility index (Phi) is 5.11. The summed E-state index contributed by atoms with van der Waals surface area (Å²) < 4.78 is 0. The fraction of sp³-hybridized carbons (Fsp3) is 0.278. The van der Waals surface area contributed by atoms with Crippen molar-refractivity contribution in [3.8, 4) is 0 Å². The number of hydrogen-bond acceptors (Lipinski definition) is 3. The number of rotatable bonds is 5. The number of para-hydroxylation sites is 1. The first-order valence-corrected chi connectivity index (χ1v) is 7.57. The van der Waals surface area contributed by atoms with Gasteiger partial charge in [-0.15, -0.1) is 0 Å². The summed E-state index contributed by atoms with van der Waals surface area (Å²) in [5, 5.41) is 13.7. The van der Waals surface area contributed by atoms with Gasteiger partial charge in [-0.1, -0.05) is 37.3 Å². The molecule has 0 spiro atoms. The summed E-state index contributed by atoms with van der Waals surface area (Å²) in [6, 6.07) is 12.0. The van der Waals surface area contributed by atoms with Crippen LogP contribution in [0.1, 0.15) is 36.5 Å². The molecule has 0 aliphatic carbocycles. The van der Waals surface area contributed by atoms with Gasteiger partial charge in [-0.25, -0.2) is 0 Å². The van der Waals surface area contributed by atoms with Gasteiger partial charge < -0.3 is 5.32 Å². The number of non-ortho nitro benzene ring substituents is 1. The van der Waals surface area contributed by atoms with Gasteiger partial charge in [0.05, 0.1) is 10.8 Å². The van der Waals surface area contributed by atoms with Crippen LogP contribution in [-0.4, -0.2) is 10.8 Å². The summed E-state index contributed by atoms with van der Waals surface area (Å²) in [5.41, 5.74) is 3.74. The van der Waals surface area contributed by atoms with Crippen molar-refractivity contribution in [3.05, 3.63) is 69.3 Å². The Balaban J connectivity index is 2.19. The predicted molar refractivity (Wildman–Crippen MR) is 90.7 cm³/mol. The molecule has 120 valence electrons. The number of aryl methyl sites for hydroxylation is 2. The van der Waals surface area contributed by atoms with Crippen LogP contribution in [0, 0.1) is 17.0 Å². The van der Waals surface area contributed by atoms with Gasteiger partial charge in [0.2, 0.25) is 5.91 Å². The summed E-state index contributed by atoms with van der Waals surface area (Å²) >= 11 is 0. The molecular weight excluding hydrogens is 292 g/mol. The average molecular weight is 312 g/mol. The molecule has 0 aromatic heterocycles. The Morgan fingerprint density at radius 2 is 1.87 bits per heavy atom. The van der Waals surface area contributed by atoms with Gasteiger partial charge in [0.25, 0.3) is 5.69 Å². The number of nitro groups is 1.